The average Bonchev–Trinajstić information content (AvgIpc) is 3.23. The second kappa shape index (κ2) is 8.25. The number of aryl methyl sites for hydroxylation is 3. The number of aromatic nitrogens is 3. The number of piperazine rings is 1. The smallest absolute Gasteiger partial charge is 0.244 e. The van der Waals surface area contributed by atoms with Gasteiger partial charge in [0.25, 0.3) is 0 Å². The molecular weight excluding hydrogens is 376 g/mol. The molecular formula is C23H26N6O. The van der Waals surface area contributed by atoms with Crippen molar-refractivity contribution in [3.05, 3.63) is 58.7 Å². The molecule has 1 aromatic carbocycles. The minimum absolute atomic E-state index is 0.0372. The SMILES string of the molecule is Cc1ccc(-c2noc(C(C)N3CCN(c4cc(C)nc(C)c4C#N)CC3)n2)cc1. The van der Waals surface area contributed by atoms with E-state index in [0.717, 1.165) is 48.8 Å². The van der Waals surface area contributed by atoms with Gasteiger partial charge >= 0.3 is 0 Å². The van der Waals surface area contributed by atoms with Crippen molar-refractivity contribution in [1.82, 2.24) is 20.0 Å². The molecule has 0 N–H and O–H groups in total. The number of nitrogens with zero attached hydrogens (tertiary/aromatic N) is 6. The summed E-state index contributed by atoms with van der Waals surface area (Å²) in [6.07, 6.45) is 0. The van der Waals surface area contributed by atoms with Crippen molar-refractivity contribution >= 4 is 5.69 Å². The molecule has 4 rings (SSSR count). The van der Waals surface area contributed by atoms with Crippen LogP contribution in [0.4, 0.5) is 5.69 Å². The van der Waals surface area contributed by atoms with Gasteiger partial charge in [-0.25, -0.2) is 0 Å². The van der Waals surface area contributed by atoms with Crippen LogP contribution in [0.3, 0.4) is 0 Å². The molecule has 0 aliphatic carbocycles. The van der Waals surface area contributed by atoms with E-state index in [1.165, 1.54) is 5.56 Å². The van der Waals surface area contributed by atoms with E-state index in [4.69, 9.17) is 4.52 Å². The van der Waals surface area contributed by atoms with Crippen molar-refractivity contribution < 1.29 is 4.52 Å². The zero-order valence-corrected chi connectivity index (χ0v) is 17.9. The first-order valence-corrected chi connectivity index (χ1v) is 10.2. The van der Waals surface area contributed by atoms with E-state index in [2.05, 4.69) is 44.8 Å². The number of pyridine rings is 1. The Balaban J connectivity index is 1.45. The standard InChI is InChI=1S/C23H26N6O/c1-15-5-7-19(8-6-15)22-26-23(30-27-22)18(4)28-9-11-29(12-10-28)21-13-16(2)25-17(3)20(21)14-24/h5-8,13,18H,9-12H2,1-4H3. The third-order valence-electron chi connectivity index (χ3n) is 5.73. The van der Waals surface area contributed by atoms with Gasteiger partial charge in [-0.3, -0.25) is 9.88 Å². The fourth-order valence-corrected chi connectivity index (χ4v) is 3.93. The van der Waals surface area contributed by atoms with Crippen molar-refractivity contribution in [2.75, 3.05) is 31.1 Å². The van der Waals surface area contributed by atoms with Crippen molar-refractivity contribution in [3.8, 4) is 17.5 Å². The lowest BCUT2D eigenvalue weighted by atomic mass is 10.1. The van der Waals surface area contributed by atoms with Crippen molar-refractivity contribution in [3.63, 3.8) is 0 Å². The van der Waals surface area contributed by atoms with Gasteiger partial charge in [-0.2, -0.15) is 10.2 Å². The summed E-state index contributed by atoms with van der Waals surface area (Å²) in [5, 5.41) is 13.7. The highest BCUT2D eigenvalue weighted by atomic mass is 16.5. The quantitative estimate of drug-likeness (QED) is 0.656. The summed E-state index contributed by atoms with van der Waals surface area (Å²) in [5.41, 5.74) is 5.54. The predicted molar refractivity (Wildman–Crippen MR) is 115 cm³/mol. The summed E-state index contributed by atoms with van der Waals surface area (Å²) in [6.45, 7) is 11.4. The lowest BCUT2D eigenvalue weighted by Crippen LogP contribution is -2.47. The molecule has 0 amide bonds. The van der Waals surface area contributed by atoms with E-state index in [9.17, 15) is 5.26 Å². The second-order valence-electron chi connectivity index (χ2n) is 7.88. The lowest BCUT2D eigenvalue weighted by molar-refractivity contribution is 0.164. The van der Waals surface area contributed by atoms with Crippen LogP contribution in [0.1, 0.15) is 41.4 Å². The first-order chi connectivity index (χ1) is 14.5. The molecule has 1 fully saturated rings. The summed E-state index contributed by atoms with van der Waals surface area (Å²) < 4.78 is 5.58. The number of hydrogen-bond acceptors (Lipinski definition) is 7. The summed E-state index contributed by atoms with van der Waals surface area (Å²) in [4.78, 5) is 13.7. The molecule has 154 valence electrons. The van der Waals surface area contributed by atoms with Crippen molar-refractivity contribution in [2.24, 2.45) is 0 Å². The zero-order valence-electron chi connectivity index (χ0n) is 17.9. The molecule has 1 aliphatic heterocycles. The highest BCUT2D eigenvalue weighted by molar-refractivity contribution is 5.62. The van der Waals surface area contributed by atoms with Crippen LogP contribution in [0, 0.1) is 32.1 Å². The number of nitriles is 1. The van der Waals surface area contributed by atoms with Gasteiger partial charge in [-0.15, -0.1) is 0 Å². The molecule has 7 heteroatoms. The fourth-order valence-electron chi connectivity index (χ4n) is 3.93. The largest absolute Gasteiger partial charge is 0.368 e. The second-order valence-corrected chi connectivity index (χ2v) is 7.88. The maximum Gasteiger partial charge on any atom is 0.244 e. The summed E-state index contributed by atoms with van der Waals surface area (Å²) >= 11 is 0. The number of rotatable bonds is 4. The highest BCUT2D eigenvalue weighted by Crippen LogP contribution is 2.28. The van der Waals surface area contributed by atoms with Gasteiger partial charge in [0.05, 0.1) is 23.0 Å². The average molecular weight is 403 g/mol. The zero-order chi connectivity index (χ0) is 21.3. The molecule has 30 heavy (non-hydrogen) atoms. The Labute approximate surface area is 177 Å². The van der Waals surface area contributed by atoms with Crippen LogP contribution in [0.2, 0.25) is 0 Å². The van der Waals surface area contributed by atoms with Gasteiger partial charge < -0.3 is 9.42 Å². The monoisotopic (exact) mass is 402 g/mol. The third kappa shape index (κ3) is 3.91. The summed E-state index contributed by atoms with van der Waals surface area (Å²) in [5.74, 6) is 1.25. The molecule has 3 heterocycles. The van der Waals surface area contributed by atoms with E-state index in [-0.39, 0.29) is 6.04 Å². The van der Waals surface area contributed by atoms with E-state index in [1.807, 2.05) is 44.2 Å². The van der Waals surface area contributed by atoms with Crippen LogP contribution >= 0.6 is 0 Å². The molecule has 1 saturated heterocycles. The predicted octanol–water partition coefficient (Wildman–Crippen LogP) is 3.81. The van der Waals surface area contributed by atoms with Gasteiger partial charge in [-0.05, 0) is 33.8 Å². The molecule has 1 aliphatic rings. The van der Waals surface area contributed by atoms with E-state index < -0.39 is 0 Å². The van der Waals surface area contributed by atoms with Crippen LogP contribution in [-0.2, 0) is 0 Å². The van der Waals surface area contributed by atoms with Crippen LogP contribution in [0.15, 0.2) is 34.9 Å². The highest BCUT2D eigenvalue weighted by Gasteiger charge is 2.27. The first kappa shape index (κ1) is 20.0. The van der Waals surface area contributed by atoms with Gasteiger partial charge in [0.1, 0.15) is 6.07 Å². The maximum absolute atomic E-state index is 9.57. The van der Waals surface area contributed by atoms with Crippen molar-refractivity contribution in [1.29, 1.82) is 5.26 Å². The van der Waals surface area contributed by atoms with Crippen molar-refractivity contribution in [2.45, 2.75) is 33.7 Å². The summed E-state index contributed by atoms with van der Waals surface area (Å²) in [6, 6.07) is 12.5. The minimum Gasteiger partial charge on any atom is -0.368 e. The van der Waals surface area contributed by atoms with Crippen LogP contribution in [0.5, 0.6) is 0 Å². The molecule has 1 atom stereocenters. The Morgan fingerprint density at radius 3 is 2.40 bits per heavy atom. The molecule has 0 bridgehead atoms. The van der Waals surface area contributed by atoms with E-state index in [0.29, 0.717) is 17.3 Å². The van der Waals surface area contributed by atoms with E-state index >= 15 is 0 Å². The van der Waals surface area contributed by atoms with Gasteiger partial charge in [0, 0.05) is 37.4 Å². The Bertz CT molecular complexity index is 1070. The normalized spacial score (nSPS) is 15.8. The third-order valence-corrected chi connectivity index (χ3v) is 5.73. The first-order valence-electron chi connectivity index (χ1n) is 10.2. The van der Waals surface area contributed by atoms with Crippen LogP contribution in [0.25, 0.3) is 11.4 Å². The Morgan fingerprint density at radius 2 is 1.73 bits per heavy atom. The lowest BCUT2D eigenvalue weighted by Gasteiger charge is -2.38. The summed E-state index contributed by atoms with van der Waals surface area (Å²) in [7, 11) is 0. The number of benzene rings is 1. The molecule has 0 spiro atoms. The molecule has 7 nitrogen and oxygen atoms in total. The Morgan fingerprint density at radius 1 is 1.03 bits per heavy atom. The number of hydrogen-bond donors (Lipinski definition) is 0. The molecule has 1 unspecified atom stereocenters. The van der Waals surface area contributed by atoms with Crippen LogP contribution < -0.4 is 4.90 Å². The van der Waals surface area contributed by atoms with Gasteiger partial charge in [0.15, 0.2) is 0 Å². The fraction of sp³-hybridized carbons (Fsp3) is 0.391. The Kier molecular flexibility index (Phi) is 5.51. The van der Waals surface area contributed by atoms with Crippen LogP contribution in [-0.4, -0.2) is 46.2 Å². The van der Waals surface area contributed by atoms with Gasteiger partial charge in [-0.1, -0.05) is 35.0 Å². The molecule has 0 saturated carbocycles. The minimum atomic E-state index is 0.0372. The number of anilines is 1. The maximum atomic E-state index is 9.57. The molecule has 3 aromatic rings. The van der Waals surface area contributed by atoms with Gasteiger partial charge in [0.2, 0.25) is 11.7 Å². The van der Waals surface area contributed by atoms with E-state index in [1.54, 1.807) is 0 Å². The molecule has 0 radical (unpaired) electrons. The molecule has 2 aromatic heterocycles. The Hall–Kier alpha value is -3.24. The topological polar surface area (TPSA) is 82.1 Å².